The number of nitrogens with one attached hydrogen (secondary N) is 1. The van der Waals surface area contributed by atoms with Crippen molar-refractivity contribution in [2.24, 2.45) is 7.05 Å². The lowest BCUT2D eigenvalue weighted by molar-refractivity contribution is 0.102. The molecule has 0 aliphatic heterocycles. The molecule has 2 aromatic rings. The average Bonchev–Trinajstić information content (AvgIpc) is 2.32. The number of aryl methyl sites for hydroxylation is 2. The van der Waals surface area contributed by atoms with Gasteiger partial charge in [-0.25, -0.2) is 0 Å². The Morgan fingerprint density at radius 1 is 1.33 bits per heavy atom. The number of anilines is 1. The number of hydrogen-bond donors (Lipinski definition) is 1. The number of aromatic nitrogens is 2. The summed E-state index contributed by atoms with van der Waals surface area (Å²) in [6, 6.07) is 6.37. The minimum Gasteiger partial charge on any atom is -0.322 e. The number of amides is 1. The number of nitrogens with zero attached hydrogens (tertiary/aromatic N) is 2. The van der Waals surface area contributed by atoms with Gasteiger partial charge >= 0.3 is 0 Å². The first kappa shape index (κ1) is 12.0. The third kappa shape index (κ3) is 2.63. The number of carbonyl (C=O) groups is 1. The topological polar surface area (TPSA) is 64.0 Å². The maximum atomic E-state index is 11.9. The third-order valence-electron chi connectivity index (χ3n) is 2.50. The first-order valence-electron chi connectivity index (χ1n) is 5.47. The predicted molar refractivity (Wildman–Crippen MR) is 68.6 cm³/mol. The summed E-state index contributed by atoms with van der Waals surface area (Å²) in [5.41, 5.74) is 1.80. The second kappa shape index (κ2) is 4.83. The highest BCUT2D eigenvalue weighted by molar-refractivity contribution is 6.04. The normalized spacial score (nSPS) is 10.1. The van der Waals surface area contributed by atoms with E-state index in [1.807, 2.05) is 6.92 Å². The monoisotopic (exact) mass is 243 g/mol. The van der Waals surface area contributed by atoms with Crippen molar-refractivity contribution < 1.29 is 4.79 Å². The Kier molecular flexibility index (Phi) is 3.23. The van der Waals surface area contributed by atoms with E-state index in [-0.39, 0.29) is 11.5 Å². The zero-order valence-corrected chi connectivity index (χ0v) is 10.2. The Labute approximate surface area is 104 Å². The van der Waals surface area contributed by atoms with Gasteiger partial charge in [-0.1, -0.05) is 0 Å². The second-order valence-corrected chi connectivity index (χ2v) is 4.01. The molecular weight excluding hydrogens is 230 g/mol. The largest absolute Gasteiger partial charge is 0.322 e. The highest BCUT2D eigenvalue weighted by Crippen LogP contribution is 2.09. The van der Waals surface area contributed by atoms with Crippen LogP contribution in [0.25, 0.3) is 0 Å². The number of carbonyl (C=O) groups excluding carboxylic acids is 1. The van der Waals surface area contributed by atoms with Crippen LogP contribution in [0.2, 0.25) is 0 Å². The summed E-state index contributed by atoms with van der Waals surface area (Å²) in [5, 5.41) is 2.75. The standard InChI is InChI=1S/C13H13N3O2/c1-9-7-11(5-6-14-9)15-13(18)10-3-4-12(17)16(2)8-10/h3-8H,1-2H3,(H,14,15,18). The molecule has 0 fully saturated rings. The van der Waals surface area contributed by atoms with Crippen molar-refractivity contribution in [1.82, 2.24) is 9.55 Å². The van der Waals surface area contributed by atoms with Crippen molar-refractivity contribution in [2.45, 2.75) is 6.92 Å². The fourth-order valence-electron chi connectivity index (χ4n) is 1.55. The molecule has 2 rings (SSSR count). The molecule has 5 heteroatoms. The van der Waals surface area contributed by atoms with Crippen LogP contribution >= 0.6 is 0 Å². The van der Waals surface area contributed by atoms with Crippen LogP contribution in [-0.4, -0.2) is 15.5 Å². The van der Waals surface area contributed by atoms with E-state index in [1.165, 1.54) is 22.9 Å². The van der Waals surface area contributed by atoms with E-state index in [1.54, 1.807) is 25.4 Å². The summed E-state index contributed by atoms with van der Waals surface area (Å²) < 4.78 is 1.37. The van der Waals surface area contributed by atoms with Gasteiger partial charge in [0, 0.05) is 36.9 Å². The van der Waals surface area contributed by atoms with Crippen LogP contribution < -0.4 is 10.9 Å². The van der Waals surface area contributed by atoms with Crippen molar-refractivity contribution in [3.05, 3.63) is 58.3 Å². The van der Waals surface area contributed by atoms with Gasteiger partial charge in [-0.15, -0.1) is 0 Å². The molecular formula is C13H13N3O2. The fourth-order valence-corrected chi connectivity index (χ4v) is 1.55. The molecule has 18 heavy (non-hydrogen) atoms. The van der Waals surface area contributed by atoms with Gasteiger partial charge in [0.2, 0.25) is 5.56 Å². The van der Waals surface area contributed by atoms with E-state index in [0.717, 1.165) is 5.69 Å². The van der Waals surface area contributed by atoms with Gasteiger partial charge in [-0.2, -0.15) is 0 Å². The number of hydrogen-bond acceptors (Lipinski definition) is 3. The van der Waals surface area contributed by atoms with Crippen LogP contribution in [0, 0.1) is 6.92 Å². The zero-order chi connectivity index (χ0) is 13.1. The summed E-state index contributed by atoms with van der Waals surface area (Å²) in [6.07, 6.45) is 3.14. The molecule has 2 aromatic heterocycles. The van der Waals surface area contributed by atoms with E-state index >= 15 is 0 Å². The van der Waals surface area contributed by atoms with E-state index < -0.39 is 0 Å². The lowest BCUT2D eigenvalue weighted by atomic mass is 10.2. The van der Waals surface area contributed by atoms with E-state index in [9.17, 15) is 9.59 Å². The molecule has 0 aliphatic carbocycles. The Morgan fingerprint density at radius 2 is 2.11 bits per heavy atom. The highest BCUT2D eigenvalue weighted by Gasteiger charge is 2.07. The van der Waals surface area contributed by atoms with E-state index in [4.69, 9.17) is 0 Å². The van der Waals surface area contributed by atoms with Crippen molar-refractivity contribution in [2.75, 3.05) is 5.32 Å². The Hall–Kier alpha value is -2.43. The first-order valence-corrected chi connectivity index (χ1v) is 5.47. The van der Waals surface area contributed by atoms with Crippen LogP contribution in [0.3, 0.4) is 0 Å². The van der Waals surface area contributed by atoms with Gasteiger partial charge in [0.1, 0.15) is 0 Å². The van der Waals surface area contributed by atoms with Crippen LogP contribution in [0.4, 0.5) is 5.69 Å². The number of pyridine rings is 2. The van der Waals surface area contributed by atoms with Crippen LogP contribution in [-0.2, 0) is 7.05 Å². The van der Waals surface area contributed by atoms with E-state index in [2.05, 4.69) is 10.3 Å². The van der Waals surface area contributed by atoms with Gasteiger partial charge in [0.15, 0.2) is 0 Å². The number of rotatable bonds is 2. The van der Waals surface area contributed by atoms with Crippen molar-refractivity contribution in [3.63, 3.8) is 0 Å². The lowest BCUT2D eigenvalue weighted by Gasteiger charge is -2.06. The molecule has 5 nitrogen and oxygen atoms in total. The van der Waals surface area contributed by atoms with Crippen LogP contribution in [0.15, 0.2) is 41.5 Å². The van der Waals surface area contributed by atoms with Gasteiger partial charge in [-0.3, -0.25) is 14.6 Å². The molecule has 0 saturated heterocycles. The molecule has 0 saturated carbocycles. The Morgan fingerprint density at radius 3 is 2.78 bits per heavy atom. The first-order chi connectivity index (χ1) is 8.56. The molecule has 0 spiro atoms. The van der Waals surface area contributed by atoms with E-state index in [0.29, 0.717) is 11.3 Å². The third-order valence-corrected chi connectivity index (χ3v) is 2.50. The second-order valence-electron chi connectivity index (χ2n) is 4.01. The fraction of sp³-hybridized carbons (Fsp3) is 0.154. The quantitative estimate of drug-likeness (QED) is 0.865. The van der Waals surface area contributed by atoms with Crippen LogP contribution in [0.1, 0.15) is 16.1 Å². The molecule has 0 radical (unpaired) electrons. The molecule has 92 valence electrons. The molecule has 0 unspecified atom stereocenters. The average molecular weight is 243 g/mol. The lowest BCUT2D eigenvalue weighted by Crippen LogP contribution is -2.19. The maximum absolute atomic E-state index is 11.9. The minimum absolute atomic E-state index is 0.147. The molecule has 0 atom stereocenters. The summed E-state index contributed by atoms with van der Waals surface area (Å²) in [7, 11) is 1.61. The van der Waals surface area contributed by atoms with Gasteiger partial charge in [0.25, 0.3) is 5.91 Å². The molecule has 2 heterocycles. The SMILES string of the molecule is Cc1cc(NC(=O)c2ccc(=O)n(C)c2)ccn1. The predicted octanol–water partition coefficient (Wildman–Crippen LogP) is 1.34. The van der Waals surface area contributed by atoms with Crippen LogP contribution in [0.5, 0.6) is 0 Å². The molecule has 1 amide bonds. The molecule has 1 N–H and O–H groups in total. The van der Waals surface area contributed by atoms with Crippen molar-refractivity contribution in [3.8, 4) is 0 Å². The van der Waals surface area contributed by atoms with Gasteiger partial charge in [0.05, 0.1) is 5.56 Å². The minimum atomic E-state index is -0.254. The highest BCUT2D eigenvalue weighted by atomic mass is 16.2. The molecule has 0 aromatic carbocycles. The van der Waals surface area contributed by atoms with Gasteiger partial charge < -0.3 is 9.88 Å². The maximum Gasteiger partial charge on any atom is 0.257 e. The van der Waals surface area contributed by atoms with Gasteiger partial charge in [-0.05, 0) is 25.1 Å². The van der Waals surface area contributed by atoms with Crippen molar-refractivity contribution >= 4 is 11.6 Å². The molecule has 0 bridgehead atoms. The Bertz CT molecular complexity index is 647. The zero-order valence-electron chi connectivity index (χ0n) is 10.2. The summed E-state index contributed by atoms with van der Waals surface area (Å²) >= 11 is 0. The summed E-state index contributed by atoms with van der Waals surface area (Å²) in [4.78, 5) is 27.2. The smallest absolute Gasteiger partial charge is 0.257 e. The Balaban J connectivity index is 2.22. The summed E-state index contributed by atoms with van der Waals surface area (Å²) in [5.74, 6) is -0.254. The summed E-state index contributed by atoms with van der Waals surface area (Å²) in [6.45, 7) is 1.85. The van der Waals surface area contributed by atoms with Crippen molar-refractivity contribution in [1.29, 1.82) is 0 Å². The molecule has 0 aliphatic rings.